The number of halogens is 2. The Kier molecular flexibility index (Phi) is 5.52. The predicted molar refractivity (Wildman–Crippen MR) is 89.7 cm³/mol. The number of hydrogen-bond acceptors (Lipinski definition) is 2. The van der Waals surface area contributed by atoms with Crippen molar-refractivity contribution in [3.63, 3.8) is 0 Å². The third kappa shape index (κ3) is 4.54. The first-order chi connectivity index (χ1) is 9.54. The van der Waals surface area contributed by atoms with Gasteiger partial charge < -0.3 is 5.32 Å². The number of amides is 1. The first kappa shape index (κ1) is 15.4. The van der Waals surface area contributed by atoms with Gasteiger partial charge in [-0.3, -0.25) is 4.79 Å². The molecule has 0 heterocycles. The van der Waals surface area contributed by atoms with Crippen molar-refractivity contribution >= 4 is 50.9 Å². The maximum Gasteiger partial charge on any atom is 0.234 e. The fourth-order valence-corrected chi connectivity index (χ4v) is 2.68. The molecule has 0 aromatic heterocycles. The summed E-state index contributed by atoms with van der Waals surface area (Å²) >= 11 is 10.8. The molecule has 0 saturated heterocycles. The predicted octanol–water partition coefficient (Wildman–Crippen LogP) is 5.14. The summed E-state index contributed by atoms with van der Waals surface area (Å²) in [4.78, 5) is 12.9. The van der Waals surface area contributed by atoms with Crippen LogP contribution in [0.15, 0.2) is 51.8 Å². The van der Waals surface area contributed by atoms with E-state index in [9.17, 15) is 4.79 Å². The number of nitrogens with one attached hydrogen (secondary N) is 1. The fraction of sp³-hybridized carbons (Fsp3) is 0.133. The molecule has 0 fully saturated rings. The van der Waals surface area contributed by atoms with Crippen molar-refractivity contribution < 1.29 is 4.79 Å². The molecule has 0 atom stereocenters. The van der Waals surface area contributed by atoms with Gasteiger partial charge in [0, 0.05) is 15.1 Å². The number of anilines is 1. The smallest absolute Gasteiger partial charge is 0.234 e. The Hall–Kier alpha value is -0.970. The van der Waals surface area contributed by atoms with Crippen LogP contribution in [-0.2, 0) is 4.79 Å². The van der Waals surface area contributed by atoms with E-state index < -0.39 is 0 Å². The summed E-state index contributed by atoms with van der Waals surface area (Å²) in [7, 11) is 0. The van der Waals surface area contributed by atoms with E-state index in [0.717, 1.165) is 9.37 Å². The van der Waals surface area contributed by atoms with Crippen LogP contribution in [0, 0.1) is 6.92 Å². The van der Waals surface area contributed by atoms with Crippen LogP contribution in [0.2, 0.25) is 5.02 Å². The Morgan fingerprint density at radius 1 is 1.25 bits per heavy atom. The third-order valence-electron chi connectivity index (χ3n) is 2.59. The summed E-state index contributed by atoms with van der Waals surface area (Å²) in [5.41, 5.74) is 1.91. The summed E-state index contributed by atoms with van der Waals surface area (Å²) in [6, 6.07) is 13.5. The molecule has 0 aliphatic rings. The van der Waals surface area contributed by atoms with Crippen LogP contribution in [0.1, 0.15) is 5.56 Å². The van der Waals surface area contributed by atoms with E-state index in [4.69, 9.17) is 11.6 Å². The highest BCUT2D eigenvalue weighted by atomic mass is 79.9. The van der Waals surface area contributed by atoms with Crippen molar-refractivity contribution in [1.29, 1.82) is 0 Å². The zero-order valence-corrected chi connectivity index (χ0v) is 14.0. The van der Waals surface area contributed by atoms with E-state index in [2.05, 4.69) is 21.2 Å². The highest BCUT2D eigenvalue weighted by Gasteiger charge is 2.05. The minimum absolute atomic E-state index is 0.0473. The number of rotatable bonds is 4. The van der Waals surface area contributed by atoms with Gasteiger partial charge in [-0.25, -0.2) is 0 Å². The highest BCUT2D eigenvalue weighted by Crippen LogP contribution is 2.26. The van der Waals surface area contributed by atoms with Crippen LogP contribution >= 0.6 is 39.3 Å². The van der Waals surface area contributed by atoms with Crippen molar-refractivity contribution in [2.45, 2.75) is 11.8 Å². The van der Waals surface area contributed by atoms with Crippen LogP contribution in [-0.4, -0.2) is 11.7 Å². The maximum atomic E-state index is 11.9. The normalized spacial score (nSPS) is 10.3. The standard InChI is InChI=1S/C15H13BrClNOS/c1-10-2-5-12(6-3-10)20-9-15(19)18-11-4-7-13(16)14(17)8-11/h2-8H,9H2,1H3,(H,18,19). The van der Waals surface area contributed by atoms with Gasteiger partial charge in [-0.1, -0.05) is 29.3 Å². The molecule has 5 heteroatoms. The lowest BCUT2D eigenvalue weighted by molar-refractivity contribution is -0.113. The molecule has 2 aromatic carbocycles. The molecule has 0 bridgehead atoms. The number of carbonyl (C=O) groups excluding carboxylic acids is 1. The summed E-state index contributed by atoms with van der Waals surface area (Å²) < 4.78 is 0.811. The first-order valence-corrected chi connectivity index (χ1v) is 8.14. The zero-order chi connectivity index (χ0) is 14.5. The van der Waals surface area contributed by atoms with Crippen LogP contribution in [0.4, 0.5) is 5.69 Å². The lowest BCUT2D eigenvalue weighted by atomic mass is 10.2. The Morgan fingerprint density at radius 3 is 2.60 bits per heavy atom. The molecule has 2 rings (SSSR count). The van der Waals surface area contributed by atoms with Gasteiger partial charge in [-0.15, -0.1) is 11.8 Å². The molecule has 1 N–H and O–H groups in total. The topological polar surface area (TPSA) is 29.1 Å². The Balaban J connectivity index is 1.89. The van der Waals surface area contributed by atoms with Crippen LogP contribution in [0.5, 0.6) is 0 Å². The van der Waals surface area contributed by atoms with Gasteiger partial charge in [0.15, 0.2) is 0 Å². The molecule has 0 spiro atoms. The van der Waals surface area contributed by atoms with Gasteiger partial charge >= 0.3 is 0 Å². The summed E-state index contributed by atoms with van der Waals surface area (Å²) in [6.07, 6.45) is 0. The molecule has 0 radical (unpaired) electrons. The van der Waals surface area contributed by atoms with Gasteiger partial charge in [0.1, 0.15) is 0 Å². The van der Waals surface area contributed by atoms with E-state index in [1.165, 1.54) is 17.3 Å². The van der Waals surface area contributed by atoms with E-state index in [-0.39, 0.29) is 5.91 Å². The van der Waals surface area contributed by atoms with Gasteiger partial charge in [-0.05, 0) is 53.2 Å². The third-order valence-corrected chi connectivity index (χ3v) is 4.84. The summed E-state index contributed by atoms with van der Waals surface area (Å²) in [5, 5.41) is 3.40. The summed E-state index contributed by atoms with van der Waals surface area (Å²) in [5.74, 6) is 0.325. The van der Waals surface area contributed by atoms with Crippen molar-refractivity contribution in [2.75, 3.05) is 11.1 Å². The Morgan fingerprint density at radius 2 is 1.95 bits per heavy atom. The lowest BCUT2D eigenvalue weighted by Crippen LogP contribution is -2.13. The number of aryl methyl sites for hydroxylation is 1. The molecule has 0 aliphatic heterocycles. The SMILES string of the molecule is Cc1ccc(SCC(=O)Nc2ccc(Br)c(Cl)c2)cc1. The van der Waals surface area contributed by atoms with Crippen molar-refractivity contribution in [3.05, 3.63) is 57.5 Å². The van der Waals surface area contributed by atoms with Crippen LogP contribution in [0.25, 0.3) is 0 Å². The van der Waals surface area contributed by atoms with Crippen molar-refractivity contribution in [3.8, 4) is 0 Å². The molecule has 2 nitrogen and oxygen atoms in total. The van der Waals surface area contributed by atoms with Gasteiger partial charge in [0.25, 0.3) is 0 Å². The van der Waals surface area contributed by atoms with Gasteiger partial charge in [0.2, 0.25) is 5.91 Å². The Bertz CT molecular complexity index is 616. The number of thioether (sulfide) groups is 1. The second-order valence-electron chi connectivity index (χ2n) is 4.28. The van der Waals surface area contributed by atoms with E-state index in [1.807, 2.05) is 43.3 Å². The van der Waals surface area contributed by atoms with Gasteiger partial charge in [-0.2, -0.15) is 0 Å². The molecule has 0 aliphatic carbocycles. The number of hydrogen-bond donors (Lipinski definition) is 1. The van der Waals surface area contributed by atoms with Gasteiger partial charge in [0.05, 0.1) is 10.8 Å². The second-order valence-corrected chi connectivity index (χ2v) is 6.59. The monoisotopic (exact) mass is 369 g/mol. The highest BCUT2D eigenvalue weighted by molar-refractivity contribution is 9.10. The van der Waals surface area contributed by atoms with Crippen molar-refractivity contribution in [1.82, 2.24) is 0 Å². The lowest BCUT2D eigenvalue weighted by Gasteiger charge is -2.06. The van der Waals surface area contributed by atoms with Crippen LogP contribution in [0.3, 0.4) is 0 Å². The minimum atomic E-state index is -0.0473. The van der Waals surface area contributed by atoms with E-state index in [1.54, 1.807) is 6.07 Å². The largest absolute Gasteiger partial charge is 0.325 e. The second kappa shape index (κ2) is 7.16. The van der Waals surface area contributed by atoms with Crippen molar-refractivity contribution in [2.24, 2.45) is 0 Å². The Labute approximate surface area is 136 Å². The molecular formula is C15H13BrClNOS. The fourth-order valence-electron chi connectivity index (χ4n) is 1.55. The number of carbonyl (C=O) groups is 1. The quantitative estimate of drug-likeness (QED) is 0.755. The van der Waals surface area contributed by atoms with Crippen LogP contribution < -0.4 is 5.32 Å². The minimum Gasteiger partial charge on any atom is -0.325 e. The first-order valence-electron chi connectivity index (χ1n) is 5.99. The molecular weight excluding hydrogens is 358 g/mol. The molecule has 104 valence electrons. The maximum absolute atomic E-state index is 11.9. The molecule has 20 heavy (non-hydrogen) atoms. The molecule has 0 unspecified atom stereocenters. The molecule has 0 saturated carbocycles. The van der Waals surface area contributed by atoms with E-state index >= 15 is 0 Å². The zero-order valence-electron chi connectivity index (χ0n) is 10.8. The average Bonchev–Trinajstić information content (AvgIpc) is 2.42. The number of benzene rings is 2. The molecule has 1 amide bonds. The average molecular weight is 371 g/mol. The van der Waals surface area contributed by atoms with E-state index in [0.29, 0.717) is 16.5 Å². The molecule has 2 aromatic rings. The summed E-state index contributed by atoms with van der Waals surface area (Å²) in [6.45, 7) is 2.04.